The molecular weight excluding hydrogens is 333 g/mol. The molecule has 0 aromatic heterocycles. The monoisotopic (exact) mass is 361 g/mol. The van der Waals surface area contributed by atoms with Gasteiger partial charge >= 0.3 is 8.60 Å². The maximum Gasteiger partial charge on any atom is 0.345 e. The van der Waals surface area contributed by atoms with Crippen molar-refractivity contribution in [2.24, 2.45) is 0 Å². The van der Waals surface area contributed by atoms with Crippen molar-refractivity contribution >= 4 is 8.60 Å². The summed E-state index contributed by atoms with van der Waals surface area (Å²) in [6.07, 6.45) is 2.50. The average Bonchev–Trinajstić information content (AvgIpc) is 2.59. The highest BCUT2D eigenvalue weighted by molar-refractivity contribution is 7.39. The molecule has 0 bridgehead atoms. The summed E-state index contributed by atoms with van der Waals surface area (Å²) in [6.45, 7) is 6.14. The highest BCUT2D eigenvalue weighted by Crippen LogP contribution is 2.36. The van der Waals surface area contributed by atoms with Crippen LogP contribution in [0.5, 0.6) is 0 Å². The number of benzene rings is 2. The summed E-state index contributed by atoms with van der Waals surface area (Å²) < 4.78 is 5.45. The van der Waals surface area contributed by atoms with Crippen LogP contribution in [-0.2, 0) is 17.5 Å². The van der Waals surface area contributed by atoms with Crippen LogP contribution >= 0.6 is 8.60 Å². The number of hydrogen-bond donors (Lipinski definition) is 2. The molecule has 0 amide bonds. The van der Waals surface area contributed by atoms with Crippen molar-refractivity contribution in [3.05, 3.63) is 71.8 Å². The topological polar surface area (TPSA) is 52.9 Å². The van der Waals surface area contributed by atoms with Crippen molar-refractivity contribution in [1.82, 2.24) is 5.06 Å². The fourth-order valence-corrected chi connectivity index (χ4v) is 3.81. The molecule has 0 aliphatic heterocycles. The van der Waals surface area contributed by atoms with Crippen molar-refractivity contribution in [3.8, 4) is 0 Å². The Balaban J connectivity index is 2.24. The predicted octanol–water partition coefficient (Wildman–Crippen LogP) is 4.47. The van der Waals surface area contributed by atoms with Gasteiger partial charge in [-0.1, -0.05) is 60.7 Å². The van der Waals surface area contributed by atoms with E-state index in [2.05, 4.69) is 31.2 Å². The average molecular weight is 361 g/mol. The van der Waals surface area contributed by atoms with Crippen LogP contribution < -0.4 is 0 Å². The van der Waals surface area contributed by atoms with E-state index in [1.807, 2.05) is 50.2 Å². The summed E-state index contributed by atoms with van der Waals surface area (Å²) in [5.74, 6) is 0. The van der Waals surface area contributed by atoms with Gasteiger partial charge in [0.1, 0.15) is 0 Å². The zero-order chi connectivity index (χ0) is 18.3. The summed E-state index contributed by atoms with van der Waals surface area (Å²) >= 11 is 0. The second kappa shape index (κ2) is 9.42. The van der Waals surface area contributed by atoms with Crippen LogP contribution in [0.4, 0.5) is 0 Å². The molecule has 2 aromatic carbocycles. The maximum atomic E-state index is 9.44. The second-order valence-electron chi connectivity index (χ2n) is 6.90. The van der Waals surface area contributed by atoms with Crippen LogP contribution in [0.15, 0.2) is 60.7 Å². The van der Waals surface area contributed by atoms with Crippen LogP contribution in [-0.4, -0.2) is 26.4 Å². The van der Waals surface area contributed by atoms with Gasteiger partial charge in [-0.2, -0.15) is 5.06 Å². The molecule has 0 fully saturated rings. The molecule has 2 rings (SSSR count). The molecule has 0 saturated heterocycles. The quantitative estimate of drug-likeness (QED) is 0.511. The minimum absolute atomic E-state index is 0.0220. The molecule has 1 unspecified atom stereocenters. The van der Waals surface area contributed by atoms with Crippen LogP contribution in [0.2, 0.25) is 0 Å². The molecule has 2 N–H and O–H groups in total. The van der Waals surface area contributed by atoms with Crippen LogP contribution in [0.25, 0.3) is 0 Å². The van der Waals surface area contributed by atoms with Gasteiger partial charge in [0, 0.05) is 11.6 Å². The van der Waals surface area contributed by atoms with Crippen LogP contribution in [0.1, 0.15) is 38.3 Å². The Kier molecular flexibility index (Phi) is 7.55. The number of hydrogen-bond acceptors (Lipinski definition) is 4. The molecule has 0 heterocycles. The van der Waals surface area contributed by atoms with E-state index < -0.39 is 8.60 Å². The Morgan fingerprint density at radius 2 is 1.48 bits per heavy atom. The third-order valence-electron chi connectivity index (χ3n) is 4.38. The lowest BCUT2D eigenvalue weighted by atomic mass is 9.85. The van der Waals surface area contributed by atoms with Crippen molar-refractivity contribution in [2.75, 3.05) is 0 Å². The Bertz CT molecular complexity index is 621. The standard InChI is InChI=1S/C20H28NO3P/c1-17(2)21(24-25(22)23)20(3,16-19-12-8-5-9-13-19)15-14-18-10-6-4-7-11-18/h4-13,17,22-23H,14-16H2,1-3H3. The molecule has 0 aliphatic rings. The third-order valence-corrected chi connectivity index (χ3v) is 4.71. The normalized spacial score (nSPS) is 14.2. The number of aryl methyl sites for hydroxylation is 1. The second-order valence-corrected chi connectivity index (χ2v) is 7.57. The fourth-order valence-electron chi connectivity index (χ4n) is 3.27. The van der Waals surface area contributed by atoms with Gasteiger partial charge in [-0.25, -0.2) is 4.62 Å². The van der Waals surface area contributed by atoms with E-state index >= 15 is 0 Å². The molecule has 0 aliphatic carbocycles. The molecule has 2 aromatic rings. The van der Waals surface area contributed by atoms with E-state index in [1.165, 1.54) is 11.1 Å². The Hall–Kier alpha value is -1.29. The lowest BCUT2D eigenvalue weighted by Crippen LogP contribution is -2.51. The lowest BCUT2D eigenvalue weighted by Gasteiger charge is -2.42. The zero-order valence-corrected chi connectivity index (χ0v) is 16.1. The minimum Gasteiger partial charge on any atom is -0.327 e. The molecular formula is C20H28NO3P. The van der Waals surface area contributed by atoms with Gasteiger partial charge in [0.05, 0.1) is 0 Å². The summed E-state index contributed by atoms with van der Waals surface area (Å²) in [7, 11) is -2.45. The first-order chi connectivity index (χ1) is 11.9. The van der Waals surface area contributed by atoms with Gasteiger partial charge in [-0.15, -0.1) is 0 Å². The van der Waals surface area contributed by atoms with Crippen LogP contribution in [0, 0.1) is 0 Å². The molecule has 0 radical (unpaired) electrons. The van der Waals surface area contributed by atoms with Gasteiger partial charge in [-0.05, 0) is 51.2 Å². The highest BCUT2D eigenvalue weighted by Gasteiger charge is 2.36. The van der Waals surface area contributed by atoms with E-state index in [0.29, 0.717) is 0 Å². The predicted molar refractivity (Wildman–Crippen MR) is 103 cm³/mol. The highest BCUT2D eigenvalue weighted by atomic mass is 31.2. The molecule has 0 saturated carbocycles. The minimum atomic E-state index is -2.45. The van der Waals surface area contributed by atoms with Crippen LogP contribution in [0.3, 0.4) is 0 Å². The van der Waals surface area contributed by atoms with Crippen molar-refractivity contribution in [2.45, 2.75) is 51.6 Å². The van der Waals surface area contributed by atoms with E-state index in [0.717, 1.165) is 19.3 Å². The smallest absolute Gasteiger partial charge is 0.327 e. The van der Waals surface area contributed by atoms with Crippen molar-refractivity contribution in [1.29, 1.82) is 0 Å². The van der Waals surface area contributed by atoms with E-state index in [1.54, 1.807) is 5.06 Å². The molecule has 136 valence electrons. The first-order valence-corrected chi connectivity index (χ1v) is 9.80. The first-order valence-electron chi connectivity index (χ1n) is 8.64. The van der Waals surface area contributed by atoms with Gasteiger partial charge in [0.25, 0.3) is 0 Å². The lowest BCUT2D eigenvalue weighted by molar-refractivity contribution is -0.170. The summed E-state index contributed by atoms with van der Waals surface area (Å²) in [4.78, 5) is 18.9. The number of nitrogens with zero attached hydrogens (tertiary/aromatic N) is 1. The zero-order valence-electron chi connectivity index (χ0n) is 15.2. The maximum absolute atomic E-state index is 9.44. The molecule has 0 spiro atoms. The molecule has 25 heavy (non-hydrogen) atoms. The van der Waals surface area contributed by atoms with Crippen molar-refractivity contribution in [3.63, 3.8) is 0 Å². The first kappa shape index (κ1) is 20.0. The Morgan fingerprint density at radius 3 is 1.96 bits per heavy atom. The van der Waals surface area contributed by atoms with E-state index in [4.69, 9.17) is 4.62 Å². The number of rotatable bonds is 9. The number of hydroxylamine groups is 2. The SMILES string of the molecule is CC(C)N(OP(O)O)C(C)(CCc1ccccc1)Cc1ccccc1. The van der Waals surface area contributed by atoms with Gasteiger partial charge in [0.15, 0.2) is 0 Å². The van der Waals surface area contributed by atoms with Gasteiger partial charge < -0.3 is 9.79 Å². The van der Waals surface area contributed by atoms with Crippen molar-refractivity contribution < 1.29 is 14.4 Å². The fraction of sp³-hybridized carbons (Fsp3) is 0.400. The largest absolute Gasteiger partial charge is 0.345 e. The summed E-state index contributed by atoms with van der Waals surface area (Å²) in [6, 6.07) is 20.6. The Labute approximate surface area is 152 Å². The molecule has 1 atom stereocenters. The van der Waals surface area contributed by atoms with E-state index in [9.17, 15) is 9.79 Å². The molecule has 4 nitrogen and oxygen atoms in total. The molecule has 5 heteroatoms. The summed E-state index contributed by atoms with van der Waals surface area (Å²) in [5, 5.41) is 1.76. The Morgan fingerprint density at radius 1 is 0.960 bits per heavy atom. The van der Waals surface area contributed by atoms with E-state index in [-0.39, 0.29) is 11.6 Å². The third kappa shape index (κ3) is 6.18. The summed E-state index contributed by atoms with van der Waals surface area (Å²) in [5.41, 5.74) is 2.10. The van der Waals surface area contributed by atoms with Gasteiger partial charge in [-0.3, -0.25) is 0 Å². The van der Waals surface area contributed by atoms with Gasteiger partial charge in [0.2, 0.25) is 0 Å².